The van der Waals surface area contributed by atoms with Gasteiger partial charge in [-0.3, -0.25) is 9.69 Å². The molecular weight excluding hydrogens is 248 g/mol. The number of hydrogen-bond donors (Lipinski definition) is 1. The molecule has 2 rings (SSSR count). The summed E-state index contributed by atoms with van der Waals surface area (Å²) in [5.41, 5.74) is 1.21. The fraction of sp³-hybridized carbons (Fsp3) is 0.500. The van der Waals surface area contributed by atoms with Gasteiger partial charge < -0.3 is 5.32 Å². The minimum absolute atomic E-state index is 0.128. The molecule has 1 aromatic carbocycles. The minimum atomic E-state index is 0.128. The molecule has 1 heterocycles. The van der Waals surface area contributed by atoms with Gasteiger partial charge in [0.15, 0.2) is 0 Å². The lowest BCUT2D eigenvalue weighted by Gasteiger charge is -2.31. The Morgan fingerprint density at radius 2 is 2.39 bits per heavy atom. The maximum absolute atomic E-state index is 11.7. The molecule has 1 unspecified atom stereocenters. The average Bonchev–Trinajstić information content (AvgIpc) is 2.38. The van der Waals surface area contributed by atoms with Gasteiger partial charge in [-0.05, 0) is 37.1 Å². The Morgan fingerprint density at radius 3 is 3.11 bits per heavy atom. The predicted molar refractivity (Wildman–Crippen MR) is 73.5 cm³/mol. The van der Waals surface area contributed by atoms with Gasteiger partial charge >= 0.3 is 0 Å². The number of nitrogens with one attached hydrogen (secondary N) is 1. The third-order valence-electron chi connectivity index (χ3n) is 3.42. The maximum atomic E-state index is 11.7. The maximum Gasteiger partial charge on any atom is 0.224 e. The highest BCUT2D eigenvalue weighted by molar-refractivity contribution is 6.30. The largest absolute Gasteiger partial charge is 0.359 e. The molecule has 1 N–H and O–H groups in total. The molecule has 1 aromatic rings. The second-order valence-corrected chi connectivity index (χ2v) is 5.25. The van der Waals surface area contributed by atoms with Crippen LogP contribution in [0.4, 0.5) is 0 Å². The van der Waals surface area contributed by atoms with Crippen LogP contribution >= 0.6 is 11.6 Å². The molecule has 3 nitrogen and oxygen atoms in total. The molecule has 1 saturated heterocycles. The fourth-order valence-corrected chi connectivity index (χ4v) is 2.72. The molecule has 0 aliphatic carbocycles. The second kappa shape index (κ2) is 6.21. The SMILES string of the molecule is CNC(=O)C1CCCN(Cc2cccc(Cl)c2)C1. The molecule has 18 heavy (non-hydrogen) atoms. The lowest BCUT2D eigenvalue weighted by molar-refractivity contribution is -0.126. The minimum Gasteiger partial charge on any atom is -0.359 e. The molecule has 0 saturated carbocycles. The van der Waals surface area contributed by atoms with Crippen molar-refractivity contribution in [3.05, 3.63) is 34.9 Å². The normalized spacial score (nSPS) is 20.7. The third-order valence-corrected chi connectivity index (χ3v) is 3.65. The van der Waals surface area contributed by atoms with Gasteiger partial charge in [-0.15, -0.1) is 0 Å². The van der Waals surface area contributed by atoms with Crippen LogP contribution in [0, 0.1) is 5.92 Å². The first-order valence-electron chi connectivity index (χ1n) is 6.37. The van der Waals surface area contributed by atoms with Crippen LogP contribution in [0.25, 0.3) is 0 Å². The Hall–Kier alpha value is -1.06. The van der Waals surface area contributed by atoms with Crippen LogP contribution in [0.2, 0.25) is 5.02 Å². The summed E-state index contributed by atoms with van der Waals surface area (Å²) >= 11 is 5.98. The summed E-state index contributed by atoms with van der Waals surface area (Å²) in [6, 6.07) is 7.92. The number of piperidine rings is 1. The van der Waals surface area contributed by atoms with Crippen LogP contribution in [0.1, 0.15) is 18.4 Å². The van der Waals surface area contributed by atoms with E-state index >= 15 is 0 Å². The number of carbonyl (C=O) groups excluding carboxylic acids is 1. The van der Waals surface area contributed by atoms with Crippen LogP contribution < -0.4 is 5.32 Å². The third kappa shape index (κ3) is 3.47. The molecule has 98 valence electrons. The van der Waals surface area contributed by atoms with E-state index in [1.54, 1.807) is 7.05 Å². The highest BCUT2D eigenvalue weighted by Gasteiger charge is 2.24. The Labute approximate surface area is 113 Å². The molecular formula is C14H19ClN2O. The number of amides is 1. The van der Waals surface area contributed by atoms with Gasteiger partial charge in [-0.25, -0.2) is 0 Å². The van der Waals surface area contributed by atoms with Gasteiger partial charge in [0.1, 0.15) is 0 Å². The topological polar surface area (TPSA) is 32.3 Å². The predicted octanol–water partition coefficient (Wildman–Crippen LogP) is 2.30. The summed E-state index contributed by atoms with van der Waals surface area (Å²) < 4.78 is 0. The molecule has 0 aromatic heterocycles. The first-order chi connectivity index (χ1) is 8.69. The van der Waals surface area contributed by atoms with Gasteiger partial charge in [-0.2, -0.15) is 0 Å². The van der Waals surface area contributed by atoms with E-state index in [0.29, 0.717) is 0 Å². The van der Waals surface area contributed by atoms with Gasteiger partial charge in [-0.1, -0.05) is 23.7 Å². The summed E-state index contributed by atoms with van der Waals surface area (Å²) in [5, 5.41) is 3.51. The van der Waals surface area contributed by atoms with Gasteiger partial charge in [0.25, 0.3) is 0 Å². The van der Waals surface area contributed by atoms with Crippen molar-refractivity contribution in [2.75, 3.05) is 20.1 Å². The van der Waals surface area contributed by atoms with Crippen molar-refractivity contribution in [3.63, 3.8) is 0 Å². The molecule has 0 bridgehead atoms. The quantitative estimate of drug-likeness (QED) is 0.911. The standard InChI is InChI=1S/C14H19ClN2O/c1-16-14(18)12-5-3-7-17(10-12)9-11-4-2-6-13(15)8-11/h2,4,6,8,12H,3,5,7,9-10H2,1H3,(H,16,18). The number of hydrogen-bond acceptors (Lipinski definition) is 2. The highest BCUT2D eigenvalue weighted by atomic mass is 35.5. The van der Waals surface area contributed by atoms with Crippen molar-refractivity contribution in [3.8, 4) is 0 Å². The van der Waals surface area contributed by atoms with Crippen LogP contribution in [-0.4, -0.2) is 30.9 Å². The Morgan fingerprint density at radius 1 is 1.56 bits per heavy atom. The zero-order chi connectivity index (χ0) is 13.0. The van der Waals surface area contributed by atoms with E-state index in [0.717, 1.165) is 37.5 Å². The molecule has 1 aliphatic heterocycles. The first kappa shape index (κ1) is 13.4. The van der Waals surface area contributed by atoms with Crippen LogP contribution in [-0.2, 0) is 11.3 Å². The van der Waals surface area contributed by atoms with Gasteiger partial charge in [0, 0.05) is 25.2 Å². The van der Waals surface area contributed by atoms with Crippen molar-refractivity contribution in [2.24, 2.45) is 5.92 Å². The van der Waals surface area contributed by atoms with E-state index < -0.39 is 0 Å². The van der Waals surface area contributed by atoms with E-state index in [9.17, 15) is 4.79 Å². The van der Waals surface area contributed by atoms with Crippen LogP contribution in [0.15, 0.2) is 24.3 Å². The number of likely N-dealkylation sites (tertiary alicyclic amines) is 1. The number of halogens is 1. The van der Waals surface area contributed by atoms with Crippen LogP contribution in [0.5, 0.6) is 0 Å². The van der Waals surface area contributed by atoms with E-state index in [1.165, 1.54) is 5.56 Å². The smallest absolute Gasteiger partial charge is 0.224 e. The average molecular weight is 267 g/mol. The van der Waals surface area contributed by atoms with Crippen molar-refractivity contribution in [2.45, 2.75) is 19.4 Å². The van der Waals surface area contributed by atoms with E-state index in [-0.39, 0.29) is 11.8 Å². The molecule has 4 heteroatoms. The molecule has 1 fully saturated rings. The summed E-state index contributed by atoms with van der Waals surface area (Å²) in [7, 11) is 1.71. The molecule has 1 atom stereocenters. The number of benzene rings is 1. The first-order valence-corrected chi connectivity index (χ1v) is 6.75. The Kier molecular flexibility index (Phi) is 4.61. The highest BCUT2D eigenvalue weighted by Crippen LogP contribution is 2.19. The van der Waals surface area contributed by atoms with E-state index in [2.05, 4.69) is 16.3 Å². The summed E-state index contributed by atoms with van der Waals surface area (Å²) in [5.74, 6) is 0.286. The lowest BCUT2D eigenvalue weighted by Crippen LogP contribution is -2.41. The summed E-state index contributed by atoms with van der Waals surface area (Å²) in [6.45, 7) is 2.76. The molecule has 1 amide bonds. The fourth-order valence-electron chi connectivity index (χ4n) is 2.51. The number of carbonyl (C=O) groups is 1. The van der Waals surface area contributed by atoms with Crippen LogP contribution in [0.3, 0.4) is 0 Å². The number of rotatable bonds is 3. The number of nitrogens with zero attached hydrogens (tertiary/aromatic N) is 1. The molecule has 0 spiro atoms. The van der Waals surface area contributed by atoms with E-state index in [1.807, 2.05) is 18.2 Å². The van der Waals surface area contributed by atoms with Crippen molar-refractivity contribution < 1.29 is 4.79 Å². The Bertz CT molecular complexity index is 422. The van der Waals surface area contributed by atoms with E-state index in [4.69, 9.17) is 11.6 Å². The lowest BCUT2D eigenvalue weighted by atomic mass is 9.97. The molecule has 0 radical (unpaired) electrons. The zero-order valence-corrected chi connectivity index (χ0v) is 11.4. The zero-order valence-electron chi connectivity index (χ0n) is 10.7. The summed E-state index contributed by atoms with van der Waals surface area (Å²) in [6.07, 6.45) is 2.07. The monoisotopic (exact) mass is 266 g/mol. The van der Waals surface area contributed by atoms with Crippen molar-refractivity contribution in [1.82, 2.24) is 10.2 Å². The summed E-state index contributed by atoms with van der Waals surface area (Å²) in [4.78, 5) is 14.0. The Balaban J connectivity index is 1.95. The second-order valence-electron chi connectivity index (χ2n) is 4.82. The van der Waals surface area contributed by atoms with Crippen molar-refractivity contribution in [1.29, 1.82) is 0 Å². The van der Waals surface area contributed by atoms with Crippen molar-refractivity contribution >= 4 is 17.5 Å². The van der Waals surface area contributed by atoms with Gasteiger partial charge in [0.2, 0.25) is 5.91 Å². The van der Waals surface area contributed by atoms with Gasteiger partial charge in [0.05, 0.1) is 5.92 Å². The molecule has 1 aliphatic rings.